The van der Waals surface area contributed by atoms with Crippen molar-refractivity contribution in [3.8, 4) is 0 Å². The molecule has 2 heterocycles. The Kier molecular flexibility index (Phi) is 4.21. The third-order valence-electron chi connectivity index (χ3n) is 5.38. The Bertz CT molecular complexity index is 839. The van der Waals surface area contributed by atoms with E-state index in [4.69, 9.17) is 0 Å². The molecule has 25 heavy (non-hydrogen) atoms. The monoisotopic (exact) mass is 358 g/mol. The molecule has 1 aliphatic heterocycles. The first-order chi connectivity index (χ1) is 12.0. The van der Waals surface area contributed by atoms with Crippen molar-refractivity contribution in [1.82, 2.24) is 14.3 Å². The van der Waals surface area contributed by atoms with E-state index >= 15 is 0 Å². The van der Waals surface area contributed by atoms with Gasteiger partial charge in [0.25, 0.3) is 0 Å². The van der Waals surface area contributed by atoms with Crippen molar-refractivity contribution in [3.05, 3.63) is 48.4 Å². The normalized spacial score (nSPS) is 26.5. The van der Waals surface area contributed by atoms with E-state index in [2.05, 4.69) is 15.3 Å². The summed E-state index contributed by atoms with van der Waals surface area (Å²) in [6.45, 7) is 3.14. The van der Waals surface area contributed by atoms with Crippen molar-refractivity contribution < 1.29 is 8.42 Å². The predicted molar refractivity (Wildman–Crippen MR) is 95.6 cm³/mol. The summed E-state index contributed by atoms with van der Waals surface area (Å²) in [5, 5.41) is 3.44. The van der Waals surface area contributed by atoms with Crippen LogP contribution in [0.25, 0.3) is 0 Å². The number of sulfonamides is 1. The van der Waals surface area contributed by atoms with Crippen molar-refractivity contribution in [1.29, 1.82) is 0 Å². The minimum Gasteiger partial charge on any atom is -0.366 e. The molecule has 4 rings (SSSR count). The summed E-state index contributed by atoms with van der Waals surface area (Å²) in [7, 11) is -3.42. The van der Waals surface area contributed by atoms with E-state index in [1.807, 2.05) is 19.1 Å². The second kappa shape index (κ2) is 6.38. The van der Waals surface area contributed by atoms with Crippen LogP contribution in [0.4, 0.5) is 5.82 Å². The SMILES string of the molecule is Cc1ccc(S(=O)(=O)N2C[C@H]3CC[C@@H](Nc4cnccn4)[C@H]3C2)cc1. The Morgan fingerprint density at radius 2 is 1.92 bits per heavy atom. The lowest BCUT2D eigenvalue weighted by Gasteiger charge is -2.22. The minimum absolute atomic E-state index is 0.250. The van der Waals surface area contributed by atoms with Crippen molar-refractivity contribution in [2.75, 3.05) is 18.4 Å². The van der Waals surface area contributed by atoms with E-state index in [0.29, 0.717) is 29.8 Å². The van der Waals surface area contributed by atoms with Crippen LogP contribution in [0.5, 0.6) is 0 Å². The van der Waals surface area contributed by atoms with Gasteiger partial charge in [-0.25, -0.2) is 13.4 Å². The molecule has 1 aliphatic carbocycles. The molecule has 3 atom stereocenters. The zero-order valence-electron chi connectivity index (χ0n) is 14.2. The van der Waals surface area contributed by atoms with E-state index in [1.54, 1.807) is 35.0 Å². The third-order valence-corrected chi connectivity index (χ3v) is 7.22. The van der Waals surface area contributed by atoms with Gasteiger partial charge in [0.1, 0.15) is 5.82 Å². The fourth-order valence-corrected chi connectivity index (χ4v) is 5.56. The predicted octanol–water partition coefficient (Wildman–Crippen LogP) is 2.30. The van der Waals surface area contributed by atoms with Gasteiger partial charge in [-0.05, 0) is 43.7 Å². The molecule has 1 saturated heterocycles. The molecule has 1 aromatic heterocycles. The first-order valence-corrected chi connectivity index (χ1v) is 10.1. The van der Waals surface area contributed by atoms with Crippen LogP contribution in [0.2, 0.25) is 0 Å². The fourth-order valence-electron chi connectivity index (χ4n) is 4.02. The minimum atomic E-state index is -3.42. The van der Waals surface area contributed by atoms with Gasteiger partial charge in [0.2, 0.25) is 10.0 Å². The average Bonchev–Trinajstić information content (AvgIpc) is 3.19. The highest BCUT2D eigenvalue weighted by molar-refractivity contribution is 7.89. The molecule has 132 valence electrons. The highest BCUT2D eigenvalue weighted by atomic mass is 32.2. The van der Waals surface area contributed by atoms with Gasteiger partial charge in [-0.3, -0.25) is 4.98 Å². The summed E-state index contributed by atoms with van der Waals surface area (Å²) < 4.78 is 27.5. The molecular formula is C18H22N4O2S. The summed E-state index contributed by atoms with van der Waals surface area (Å²) in [5.41, 5.74) is 1.06. The Balaban J connectivity index is 1.50. The Morgan fingerprint density at radius 1 is 1.12 bits per heavy atom. The summed E-state index contributed by atoms with van der Waals surface area (Å²) in [6, 6.07) is 7.35. The van der Waals surface area contributed by atoms with Gasteiger partial charge in [0.05, 0.1) is 11.1 Å². The second-order valence-corrected chi connectivity index (χ2v) is 8.92. The van der Waals surface area contributed by atoms with Crippen LogP contribution in [0, 0.1) is 18.8 Å². The van der Waals surface area contributed by atoms with Crippen LogP contribution >= 0.6 is 0 Å². The molecule has 2 aliphatic rings. The maximum atomic E-state index is 12.9. The number of hydrogen-bond acceptors (Lipinski definition) is 5. The van der Waals surface area contributed by atoms with Gasteiger partial charge >= 0.3 is 0 Å². The summed E-state index contributed by atoms with van der Waals surface area (Å²) in [5.74, 6) is 1.49. The molecule has 0 amide bonds. The van der Waals surface area contributed by atoms with E-state index < -0.39 is 10.0 Å². The Morgan fingerprint density at radius 3 is 2.64 bits per heavy atom. The molecule has 0 unspecified atom stereocenters. The lowest BCUT2D eigenvalue weighted by atomic mass is 9.98. The quantitative estimate of drug-likeness (QED) is 0.908. The number of anilines is 1. The van der Waals surface area contributed by atoms with Crippen LogP contribution in [0.3, 0.4) is 0 Å². The fraction of sp³-hybridized carbons (Fsp3) is 0.444. The Hall–Kier alpha value is -1.99. The van der Waals surface area contributed by atoms with Crippen LogP contribution in [0.15, 0.2) is 47.8 Å². The highest BCUT2D eigenvalue weighted by Crippen LogP contribution is 2.41. The van der Waals surface area contributed by atoms with Gasteiger partial charge in [-0.2, -0.15) is 4.31 Å². The maximum absolute atomic E-state index is 12.9. The molecule has 6 nitrogen and oxygen atoms in total. The first kappa shape index (κ1) is 16.5. The van der Waals surface area contributed by atoms with E-state index in [-0.39, 0.29) is 6.04 Å². The van der Waals surface area contributed by atoms with Crippen molar-refractivity contribution >= 4 is 15.8 Å². The molecular weight excluding hydrogens is 336 g/mol. The molecule has 0 radical (unpaired) electrons. The number of rotatable bonds is 4. The third kappa shape index (κ3) is 3.14. The zero-order chi connectivity index (χ0) is 17.4. The van der Waals surface area contributed by atoms with Gasteiger partial charge in [-0.15, -0.1) is 0 Å². The van der Waals surface area contributed by atoms with Crippen LogP contribution < -0.4 is 5.32 Å². The largest absolute Gasteiger partial charge is 0.366 e. The molecule has 1 aromatic carbocycles. The van der Waals surface area contributed by atoms with E-state index in [0.717, 1.165) is 24.2 Å². The average molecular weight is 358 g/mol. The second-order valence-electron chi connectivity index (χ2n) is 6.98. The summed E-state index contributed by atoms with van der Waals surface area (Å²) in [6.07, 6.45) is 7.11. The maximum Gasteiger partial charge on any atom is 0.243 e. The van der Waals surface area contributed by atoms with Crippen molar-refractivity contribution in [2.45, 2.75) is 30.7 Å². The zero-order valence-corrected chi connectivity index (χ0v) is 15.0. The number of aromatic nitrogens is 2. The topological polar surface area (TPSA) is 75.2 Å². The molecule has 0 spiro atoms. The number of nitrogens with one attached hydrogen (secondary N) is 1. The summed E-state index contributed by atoms with van der Waals surface area (Å²) >= 11 is 0. The number of aryl methyl sites for hydroxylation is 1. The number of nitrogens with zero attached hydrogens (tertiary/aromatic N) is 3. The van der Waals surface area contributed by atoms with Crippen molar-refractivity contribution in [3.63, 3.8) is 0 Å². The van der Waals surface area contributed by atoms with Crippen molar-refractivity contribution in [2.24, 2.45) is 11.8 Å². The summed E-state index contributed by atoms with van der Waals surface area (Å²) in [4.78, 5) is 8.74. The van der Waals surface area contributed by atoms with Gasteiger partial charge in [0.15, 0.2) is 0 Å². The molecule has 1 saturated carbocycles. The first-order valence-electron chi connectivity index (χ1n) is 8.63. The smallest absolute Gasteiger partial charge is 0.243 e. The van der Waals surface area contributed by atoms with Gasteiger partial charge in [0, 0.05) is 31.5 Å². The van der Waals surface area contributed by atoms with E-state index in [1.165, 1.54) is 0 Å². The Labute approximate surface area is 148 Å². The number of fused-ring (bicyclic) bond motifs is 1. The highest BCUT2D eigenvalue weighted by Gasteiger charge is 2.46. The molecule has 0 bridgehead atoms. The van der Waals surface area contributed by atoms with Crippen LogP contribution in [-0.2, 0) is 10.0 Å². The number of benzene rings is 1. The lowest BCUT2D eigenvalue weighted by Crippen LogP contribution is -2.33. The van der Waals surface area contributed by atoms with Crippen LogP contribution in [-0.4, -0.2) is 41.8 Å². The van der Waals surface area contributed by atoms with Crippen LogP contribution in [0.1, 0.15) is 18.4 Å². The number of hydrogen-bond donors (Lipinski definition) is 1. The molecule has 1 N–H and O–H groups in total. The van der Waals surface area contributed by atoms with Gasteiger partial charge in [-0.1, -0.05) is 17.7 Å². The lowest BCUT2D eigenvalue weighted by molar-refractivity contribution is 0.436. The molecule has 2 aromatic rings. The molecule has 2 fully saturated rings. The standard InChI is InChI=1S/C18H22N4O2S/c1-13-2-5-15(6-3-13)25(23,24)22-11-14-4-7-17(16(14)12-22)21-18-10-19-8-9-20-18/h2-3,5-6,8-10,14,16-17H,4,7,11-12H2,1H3,(H,20,21)/t14-,16+,17-/m1/s1. The van der Waals surface area contributed by atoms with Gasteiger partial charge < -0.3 is 5.32 Å². The van der Waals surface area contributed by atoms with E-state index in [9.17, 15) is 8.42 Å². The molecule has 7 heteroatoms.